The summed E-state index contributed by atoms with van der Waals surface area (Å²) < 4.78 is 15.0. The van der Waals surface area contributed by atoms with Crippen molar-refractivity contribution in [1.82, 2.24) is 20.0 Å². The number of benzene rings is 1. The Kier molecular flexibility index (Phi) is 4.76. The van der Waals surface area contributed by atoms with E-state index < -0.39 is 0 Å². The number of carbonyl (C=O) groups is 1. The van der Waals surface area contributed by atoms with Gasteiger partial charge in [-0.2, -0.15) is 5.10 Å². The topological polar surface area (TPSA) is 50.2 Å². The third-order valence-electron chi connectivity index (χ3n) is 6.10. The van der Waals surface area contributed by atoms with Crippen molar-refractivity contribution >= 4 is 5.91 Å². The third kappa shape index (κ3) is 3.38. The van der Waals surface area contributed by atoms with Gasteiger partial charge < -0.3 is 10.2 Å². The smallest absolute Gasteiger partial charge is 0.257 e. The maximum absolute atomic E-state index is 13.3. The fraction of sp³-hybridized carbons (Fsp3) is 0.524. The number of aromatic nitrogens is 2. The van der Waals surface area contributed by atoms with Crippen molar-refractivity contribution < 1.29 is 9.18 Å². The molecule has 0 aliphatic carbocycles. The van der Waals surface area contributed by atoms with Crippen molar-refractivity contribution in [2.75, 3.05) is 26.2 Å². The molecule has 1 amide bonds. The minimum atomic E-state index is -0.281. The van der Waals surface area contributed by atoms with Crippen LogP contribution < -0.4 is 5.32 Å². The Hall–Kier alpha value is -2.21. The summed E-state index contributed by atoms with van der Waals surface area (Å²) in [6.07, 6.45) is 5.01. The van der Waals surface area contributed by atoms with E-state index in [2.05, 4.69) is 24.3 Å². The van der Waals surface area contributed by atoms with E-state index in [0.717, 1.165) is 50.4 Å². The summed E-state index contributed by atoms with van der Waals surface area (Å²) in [6, 6.07) is 6.23. The summed E-state index contributed by atoms with van der Waals surface area (Å²) in [5.41, 5.74) is 2.70. The van der Waals surface area contributed by atoms with E-state index in [1.54, 1.807) is 23.0 Å². The molecule has 3 heterocycles. The van der Waals surface area contributed by atoms with Crippen molar-refractivity contribution in [2.45, 2.75) is 39.0 Å². The first kappa shape index (κ1) is 18.2. The predicted octanol–water partition coefficient (Wildman–Crippen LogP) is 3.35. The highest BCUT2D eigenvalue weighted by atomic mass is 19.1. The summed E-state index contributed by atoms with van der Waals surface area (Å²) in [4.78, 5) is 15.2. The van der Waals surface area contributed by atoms with Gasteiger partial charge in [-0.05, 0) is 61.4 Å². The number of rotatable bonds is 3. The number of hydrogen-bond donors (Lipinski definition) is 1. The second kappa shape index (κ2) is 7.08. The van der Waals surface area contributed by atoms with Crippen LogP contribution in [0.25, 0.3) is 5.69 Å². The van der Waals surface area contributed by atoms with Crippen LogP contribution in [0.3, 0.4) is 0 Å². The zero-order valence-corrected chi connectivity index (χ0v) is 16.0. The van der Waals surface area contributed by atoms with Crippen molar-refractivity contribution in [3.8, 4) is 5.69 Å². The van der Waals surface area contributed by atoms with Crippen LogP contribution in [0.15, 0.2) is 30.5 Å². The molecule has 2 saturated heterocycles. The van der Waals surface area contributed by atoms with Gasteiger partial charge in [0.15, 0.2) is 0 Å². The lowest BCUT2D eigenvalue weighted by atomic mass is 9.77. The molecule has 0 saturated carbocycles. The molecule has 2 aromatic rings. The Morgan fingerprint density at radius 2 is 1.89 bits per heavy atom. The van der Waals surface area contributed by atoms with E-state index in [0.29, 0.717) is 11.0 Å². The van der Waals surface area contributed by atoms with Gasteiger partial charge in [0, 0.05) is 19.6 Å². The van der Waals surface area contributed by atoms with Gasteiger partial charge in [0.1, 0.15) is 5.82 Å². The van der Waals surface area contributed by atoms with Crippen LogP contribution in [0.5, 0.6) is 0 Å². The Balaban J connectivity index is 1.58. The molecule has 1 spiro atoms. The first-order valence-electron chi connectivity index (χ1n) is 9.83. The molecule has 0 bridgehead atoms. The quantitative estimate of drug-likeness (QED) is 0.901. The van der Waals surface area contributed by atoms with Gasteiger partial charge in [0.05, 0.1) is 23.1 Å². The molecule has 2 fully saturated rings. The summed E-state index contributed by atoms with van der Waals surface area (Å²) in [7, 11) is 0. The van der Waals surface area contributed by atoms with Crippen LogP contribution in [-0.2, 0) is 0 Å². The van der Waals surface area contributed by atoms with Gasteiger partial charge in [-0.3, -0.25) is 4.79 Å². The molecule has 0 atom stereocenters. The molecule has 1 aromatic carbocycles. The normalized spacial score (nSPS) is 19.2. The lowest BCUT2D eigenvalue weighted by molar-refractivity contribution is 0.0606. The standard InChI is InChI=1S/C21H27FN4O/c1-15(2)19-18(13-24-26(19)17-5-3-16(22)4-6-17)20(27)25-11-8-21(9-12-25)7-10-23-14-21/h3-6,13,15,23H,7-12,14H2,1-2H3. The van der Waals surface area contributed by atoms with E-state index >= 15 is 0 Å². The monoisotopic (exact) mass is 370 g/mol. The van der Waals surface area contributed by atoms with Crippen LogP contribution in [0, 0.1) is 11.2 Å². The van der Waals surface area contributed by atoms with Crippen LogP contribution in [-0.4, -0.2) is 46.8 Å². The summed E-state index contributed by atoms with van der Waals surface area (Å²) in [5.74, 6) is -0.0866. The Labute approximate surface area is 159 Å². The summed E-state index contributed by atoms with van der Waals surface area (Å²) in [6.45, 7) is 7.90. The van der Waals surface area contributed by atoms with E-state index in [-0.39, 0.29) is 17.6 Å². The van der Waals surface area contributed by atoms with Gasteiger partial charge in [0.2, 0.25) is 0 Å². The zero-order valence-electron chi connectivity index (χ0n) is 16.0. The highest BCUT2D eigenvalue weighted by Gasteiger charge is 2.38. The lowest BCUT2D eigenvalue weighted by Gasteiger charge is -2.39. The number of carbonyl (C=O) groups excluding carboxylic acids is 1. The fourth-order valence-electron chi connectivity index (χ4n) is 4.44. The molecule has 27 heavy (non-hydrogen) atoms. The SMILES string of the molecule is CC(C)c1c(C(=O)N2CCC3(CCNC3)CC2)cnn1-c1ccc(F)cc1. The molecular formula is C21H27FN4O. The number of nitrogens with one attached hydrogen (secondary N) is 1. The van der Waals surface area contributed by atoms with Gasteiger partial charge in [0.25, 0.3) is 5.91 Å². The van der Waals surface area contributed by atoms with Crippen LogP contribution in [0.4, 0.5) is 4.39 Å². The molecule has 1 N–H and O–H groups in total. The summed E-state index contributed by atoms with van der Waals surface area (Å²) in [5, 5.41) is 7.93. The van der Waals surface area contributed by atoms with Gasteiger partial charge in [-0.1, -0.05) is 13.8 Å². The Morgan fingerprint density at radius 1 is 1.19 bits per heavy atom. The zero-order chi connectivity index (χ0) is 19.0. The summed E-state index contributed by atoms with van der Waals surface area (Å²) >= 11 is 0. The molecular weight excluding hydrogens is 343 g/mol. The number of likely N-dealkylation sites (tertiary alicyclic amines) is 1. The van der Waals surface area contributed by atoms with Gasteiger partial charge in [-0.15, -0.1) is 0 Å². The second-order valence-corrected chi connectivity index (χ2v) is 8.21. The molecule has 6 heteroatoms. The highest BCUT2D eigenvalue weighted by Crippen LogP contribution is 2.37. The van der Waals surface area contributed by atoms with Crippen LogP contribution in [0.1, 0.15) is 55.1 Å². The van der Waals surface area contributed by atoms with E-state index in [1.165, 1.54) is 18.6 Å². The minimum absolute atomic E-state index is 0.0628. The van der Waals surface area contributed by atoms with Crippen LogP contribution >= 0.6 is 0 Å². The number of hydrogen-bond acceptors (Lipinski definition) is 3. The fourth-order valence-corrected chi connectivity index (χ4v) is 4.44. The van der Waals surface area contributed by atoms with Crippen molar-refractivity contribution in [2.24, 2.45) is 5.41 Å². The predicted molar refractivity (Wildman–Crippen MR) is 103 cm³/mol. The molecule has 4 rings (SSSR count). The van der Waals surface area contributed by atoms with E-state index in [9.17, 15) is 9.18 Å². The van der Waals surface area contributed by atoms with Crippen molar-refractivity contribution in [1.29, 1.82) is 0 Å². The molecule has 2 aliphatic heterocycles. The molecule has 0 unspecified atom stereocenters. The highest BCUT2D eigenvalue weighted by molar-refractivity contribution is 5.95. The maximum Gasteiger partial charge on any atom is 0.257 e. The molecule has 5 nitrogen and oxygen atoms in total. The molecule has 2 aliphatic rings. The number of piperidine rings is 1. The number of nitrogens with zero attached hydrogens (tertiary/aromatic N) is 3. The largest absolute Gasteiger partial charge is 0.338 e. The third-order valence-corrected chi connectivity index (χ3v) is 6.10. The van der Waals surface area contributed by atoms with Gasteiger partial charge in [-0.25, -0.2) is 9.07 Å². The lowest BCUT2D eigenvalue weighted by Crippen LogP contribution is -2.44. The molecule has 0 radical (unpaired) electrons. The van der Waals surface area contributed by atoms with Gasteiger partial charge >= 0.3 is 0 Å². The van der Waals surface area contributed by atoms with Crippen molar-refractivity contribution in [3.05, 3.63) is 47.5 Å². The van der Waals surface area contributed by atoms with E-state index in [4.69, 9.17) is 0 Å². The van der Waals surface area contributed by atoms with E-state index in [1.807, 2.05) is 4.90 Å². The molecule has 1 aromatic heterocycles. The maximum atomic E-state index is 13.3. The van der Waals surface area contributed by atoms with Crippen LogP contribution in [0.2, 0.25) is 0 Å². The average Bonchev–Trinajstić information content (AvgIpc) is 3.30. The Morgan fingerprint density at radius 3 is 2.48 bits per heavy atom. The minimum Gasteiger partial charge on any atom is -0.338 e. The average molecular weight is 370 g/mol. The number of halogens is 1. The Bertz CT molecular complexity index is 811. The van der Waals surface area contributed by atoms with Crippen molar-refractivity contribution in [3.63, 3.8) is 0 Å². The molecule has 144 valence electrons. The number of amides is 1. The second-order valence-electron chi connectivity index (χ2n) is 8.21. The first-order valence-corrected chi connectivity index (χ1v) is 9.83. The first-order chi connectivity index (χ1) is 13.0.